The summed E-state index contributed by atoms with van der Waals surface area (Å²) in [6, 6.07) is 5.58. The van der Waals surface area contributed by atoms with Crippen LogP contribution in [0.4, 0.5) is 4.39 Å². The van der Waals surface area contributed by atoms with E-state index >= 15 is 4.39 Å². The van der Waals surface area contributed by atoms with Gasteiger partial charge in [-0.05, 0) is 112 Å². The number of carbonyl (C=O) groups excluding carboxylic acids is 1. The number of imidazole rings is 1. The molecule has 0 spiro atoms. The number of nitrogens with zero attached hydrogens (tertiary/aromatic N) is 2. The zero-order valence-corrected chi connectivity index (χ0v) is 22.5. The molecule has 4 aliphatic carbocycles. The first kappa shape index (κ1) is 25.4. The monoisotopic (exact) mass is 509 g/mol. The normalized spacial score (nSPS) is 43.0. The van der Waals surface area contributed by atoms with Crippen molar-refractivity contribution in [1.82, 2.24) is 9.55 Å². The number of aromatic nitrogens is 2. The maximum Gasteiger partial charge on any atom is 0.225 e. The molecule has 37 heavy (non-hydrogen) atoms. The van der Waals surface area contributed by atoms with Gasteiger partial charge in [0.25, 0.3) is 0 Å². The molecule has 5 nitrogen and oxygen atoms in total. The van der Waals surface area contributed by atoms with Gasteiger partial charge in [-0.3, -0.25) is 4.79 Å². The Morgan fingerprint density at radius 1 is 1.16 bits per heavy atom. The van der Waals surface area contributed by atoms with Crippen LogP contribution in [-0.4, -0.2) is 36.8 Å². The third-order valence-corrected chi connectivity index (χ3v) is 11.3. The van der Waals surface area contributed by atoms with Crippen LogP contribution in [0.3, 0.4) is 0 Å². The molecule has 6 heteroatoms. The molecule has 1 unspecified atom stereocenters. The summed E-state index contributed by atoms with van der Waals surface area (Å²) in [7, 11) is 0. The predicted octanol–water partition coefficient (Wildman–Crippen LogP) is 5.76. The van der Waals surface area contributed by atoms with Gasteiger partial charge in [-0.2, -0.15) is 0 Å². The van der Waals surface area contributed by atoms with Gasteiger partial charge < -0.3 is 14.8 Å². The Labute approximate surface area is 219 Å². The summed E-state index contributed by atoms with van der Waals surface area (Å²) < 4.78 is 18.5. The van der Waals surface area contributed by atoms with Gasteiger partial charge in [-0.15, -0.1) is 0 Å². The fourth-order valence-corrected chi connectivity index (χ4v) is 9.30. The lowest BCUT2D eigenvalue weighted by atomic mass is 9.48. The number of hydrogen-bond donors (Lipinski definition) is 2. The molecule has 0 aliphatic heterocycles. The number of rotatable bonds is 4. The van der Waals surface area contributed by atoms with Crippen molar-refractivity contribution in [1.29, 1.82) is 0 Å². The largest absolute Gasteiger partial charge is 0.390 e. The molecule has 2 N–H and O–H groups in total. The molecule has 4 aliphatic rings. The van der Waals surface area contributed by atoms with Gasteiger partial charge in [0.05, 0.1) is 36.4 Å². The minimum absolute atomic E-state index is 0.0181. The highest BCUT2D eigenvalue weighted by Gasteiger charge is 2.63. The zero-order valence-electron chi connectivity index (χ0n) is 22.5. The molecule has 0 radical (unpaired) electrons. The van der Waals surface area contributed by atoms with Crippen molar-refractivity contribution in [2.24, 2.45) is 35.0 Å². The van der Waals surface area contributed by atoms with Crippen LogP contribution in [-0.2, 0) is 16.9 Å². The van der Waals surface area contributed by atoms with Gasteiger partial charge in [-0.1, -0.05) is 6.92 Å². The Bertz CT molecular complexity index is 1210. The fourth-order valence-electron chi connectivity index (χ4n) is 9.30. The number of carbonyl (C=O) groups is 1. The number of Topliss-reactive ketones (excluding diaryl/α,β-unsaturated/α-hetero) is 1. The van der Waals surface area contributed by atoms with Crippen molar-refractivity contribution in [2.75, 3.05) is 0 Å². The van der Waals surface area contributed by atoms with Crippen LogP contribution in [0.1, 0.15) is 84.1 Å². The van der Waals surface area contributed by atoms with Crippen molar-refractivity contribution < 1.29 is 19.4 Å². The zero-order chi connectivity index (χ0) is 26.4. The van der Waals surface area contributed by atoms with Crippen LogP contribution in [0.15, 0.2) is 24.5 Å². The lowest BCUT2D eigenvalue weighted by Gasteiger charge is -2.59. The molecular weight excluding hydrogens is 467 g/mol. The average Bonchev–Trinajstić information content (AvgIpc) is 3.39. The summed E-state index contributed by atoms with van der Waals surface area (Å²) in [5.41, 5.74) is -0.850. The fraction of sp³-hybridized carbons (Fsp3) is 0.710. The second kappa shape index (κ2) is 8.29. The SMILES string of the molecule is [CH2+]C(C)(O)c1ccc2ncn(CC(=O)[C@H]3CC[C@H]4[C@@H]5CC[C@@H]6C[C@](C)(O)CC[C@]6(F)[C@H]5CC[C@]34C)c2c1. The molecule has 200 valence electrons. The Balaban J connectivity index is 1.22. The van der Waals surface area contributed by atoms with Crippen molar-refractivity contribution >= 4 is 16.8 Å². The lowest BCUT2D eigenvalue weighted by molar-refractivity contribution is -0.165. The molecule has 1 aromatic heterocycles. The van der Waals surface area contributed by atoms with E-state index in [1.807, 2.05) is 29.7 Å². The van der Waals surface area contributed by atoms with Gasteiger partial charge in [0.15, 0.2) is 5.78 Å². The third-order valence-electron chi connectivity index (χ3n) is 11.3. The predicted molar refractivity (Wildman–Crippen MR) is 141 cm³/mol. The van der Waals surface area contributed by atoms with E-state index in [4.69, 9.17) is 0 Å². The summed E-state index contributed by atoms with van der Waals surface area (Å²) in [6.07, 6.45) is 8.87. The molecular formula is C31H42FN2O3+. The van der Waals surface area contributed by atoms with Crippen LogP contribution >= 0.6 is 0 Å². The van der Waals surface area contributed by atoms with Gasteiger partial charge in [0.1, 0.15) is 5.67 Å². The molecule has 0 amide bonds. The van der Waals surface area contributed by atoms with E-state index in [2.05, 4.69) is 18.8 Å². The van der Waals surface area contributed by atoms with Crippen LogP contribution in [0.2, 0.25) is 0 Å². The van der Waals surface area contributed by atoms with Crippen molar-refractivity contribution in [3.8, 4) is 0 Å². The Kier molecular flexibility index (Phi) is 5.68. The van der Waals surface area contributed by atoms with Gasteiger partial charge in [0, 0.05) is 18.4 Å². The Morgan fingerprint density at radius 2 is 1.95 bits per heavy atom. The highest BCUT2D eigenvalue weighted by Crippen LogP contribution is 2.66. The van der Waals surface area contributed by atoms with E-state index in [-0.39, 0.29) is 35.5 Å². The maximum absolute atomic E-state index is 16.6. The Morgan fingerprint density at radius 3 is 2.70 bits per heavy atom. The van der Waals surface area contributed by atoms with E-state index in [9.17, 15) is 15.0 Å². The summed E-state index contributed by atoms with van der Waals surface area (Å²) >= 11 is 0. The third kappa shape index (κ3) is 3.96. The van der Waals surface area contributed by atoms with Crippen LogP contribution in [0, 0.1) is 41.9 Å². The molecule has 6 rings (SSSR count). The maximum atomic E-state index is 16.6. The minimum Gasteiger partial charge on any atom is -0.390 e. The second-order valence-electron chi connectivity index (χ2n) is 13.8. The number of aliphatic hydroxyl groups is 2. The molecule has 1 heterocycles. The minimum atomic E-state index is -1.21. The van der Waals surface area contributed by atoms with E-state index < -0.39 is 16.9 Å². The Hall–Kier alpha value is -1.92. The van der Waals surface area contributed by atoms with Crippen molar-refractivity contribution in [2.45, 2.75) is 102 Å². The summed E-state index contributed by atoms with van der Waals surface area (Å²) in [4.78, 5) is 18.3. The number of halogens is 1. The molecule has 0 saturated heterocycles. The van der Waals surface area contributed by atoms with Gasteiger partial charge in [0.2, 0.25) is 5.60 Å². The van der Waals surface area contributed by atoms with E-state index in [1.165, 1.54) is 0 Å². The molecule has 4 fully saturated rings. The van der Waals surface area contributed by atoms with Crippen LogP contribution in [0.5, 0.6) is 0 Å². The van der Waals surface area contributed by atoms with Crippen molar-refractivity contribution in [3.63, 3.8) is 0 Å². The smallest absolute Gasteiger partial charge is 0.225 e. The lowest BCUT2D eigenvalue weighted by Crippen LogP contribution is -2.58. The number of ketones is 1. The first-order valence-electron chi connectivity index (χ1n) is 14.3. The quantitative estimate of drug-likeness (QED) is 0.514. The first-order chi connectivity index (χ1) is 17.3. The number of fused-ring (bicyclic) bond motifs is 6. The van der Waals surface area contributed by atoms with Crippen LogP contribution in [0.25, 0.3) is 11.0 Å². The summed E-state index contributed by atoms with van der Waals surface area (Å²) in [5, 5.41) is 21.0. The molecule has 0 bridgehead atoms. The number of hydrogen-bond acceptors (Lipinski definition) is 4. The molecule has 2 aromatic rings. The highest BCUT2D eigenvalue weighted by molar-refractivity contribution is 5.84. The van der Waals surface area contributed by atoms with Gasteiger partial charge in [-0.25, -0.2) is 9.37 Å². The standard InChI is InChI=1S/C31H42FN2O3/c1-28(2,36)19-6-10-25-26(15-19)34(18-33-25)17-27(35)24-9-8-22-21-7-5-20-16-29(3,37)13-14-31(20,32)23(21)11-12-30(22,24)4/h6,10,15,18,20-24,36-37H,1,5,7-9,11-14,16-17H2,2-4H3/q+1/t20-,21+,22+,23+,24-,28?,29-,30+,31-/m1/s1. The van der Waals surface area contributed by atoms with E-state index in [0.29, 0.717) is 36.7 Å². The van der Waals surface area contributed by atoms with Crippen LogP contribution < -0.4 is 0 Å². The second-order valence-corrected chi connectivity index (χ2v) is 13.8. The molecule has 4 saturated carbocycles. The summed E-state index contributed by atoms with van der Waals surface area (Å²) in [5.74, 6) is 1.00. The molecule has 9 atom stereocenters. The first-order valence-corrected chi connectivity index (χ1v) is 14.3. The summed E-state index contributed by atoms with van der Waals surface area (Å²) in [6.45, 7) is 9.92. The number of alkyl halides is 1. The molecule has 1 aromatic carbocycles. The topological polar surface area (TPSA) is 75.4 Å². The average molecular weight is 510 g/mol. The number of benzene rings is 1. The van der Waals surface area contributed by atoms with Crippen molar-refractivity contribution in [3.05, 3.63) is 37.0 Å². The highest BCUT2D eigenvalue weighted by atomic mass is 19.1. The van der Waals surface area contributed by atoms with Gasteiger partial charge >= 0.3 is 0 Å². The van der Waals surface area contributed by atoms with E-state index in [1.54, 1.807) is 13.3 Å². The van der Waals surface area contributed by atoms with E-state index in [0.717, 1.165) is 49.6 Å².